The first-order chi connectivity index (χ1) is 20.8. The number of esters is 2. The molecule has 11 nitrogen and oxygen atoms in total. The highest BCUT2D eigenvalue weighted by Crippen LogP contribution is 2.36. The van der Waals surface area contributed by atoms with Crippen molar-refractivity contribution in [1.82, 2.24) is 14.9 Å². The van der Waals surface area contributed by atoms with Crippen molar-refractivity contribution in [3.63, 3.8) is 0 Å². The number of aromatic nitrogens is 2. The lowest BCUT2D eigenvalue weighted by atomic mass is 10.1. The molecule has 2 fully saturated rings. The van der Waals surface area contributed by atoms with Crippen molar-refractivity contribution in [1.29, 1.82) is 0 Å². The van der Waals surface area contributed by atoms with Gasteiger partial charge in [0.2, 0.25) is 5.91 Å². The van der Waals surface area contributed by atoms with Crippen LogP contribution in [0, 0.1) is 11.7 Å². The molecule has 43 heavy (non-hydrogen) atoms. The third-order valence-electron chi connectivity index (χ3n) is 7.39. The number of benzene rings is 2. The summed E-state index contributed by atoms with van der Waals surface area (Å²) in [4.78, 5) is 48.0. The molecule has 2 N–H and O–H groups in total. The smallest absolute Gasteiger partial charge is 0.323 e. The number of likely N-dealkylation sites (tertiary alicyclic amines) is 1. The van der Waals surface area contributed by atoms with Gasteiger partial charge in [-0.15, -0.1) is 0 Å². The van der Waals surface area contributed by atoms with Gasteiger partial charge in [0.25, 0.3) is 0 Å². The van der Waals surface area contributed by atoms with Gasteiger partial charge >= 0.3 is 11.9 Å². The summed E-state index contributed by atoms with van der Waals surface area (Å²) in [6.45, 7) is 0.658. The van der Waals surface area contributed by atoms with E-state index in [0.717, 1.165) is 12.8 Å². The van der Waals surface area contributed by atoms with Gasteiger partial charge in [-0.3, -0.25) is 19.3 Å². The van der Waals surface area contributed by atoms with E-state index in [1.165, 1.54) is 44.8 Å². The number of hydrogen-bond acceptors (Lipinski definition) is 10. The summed E-state index contributed by atoms with van der Waals surface area (Å²) >= 11 is 5.94. The number of hydrogen-bond donors (Lipinski definition) is 2. The minimum absolute atomic E-state index is 0.0383. The number of amides is 1. The van der Waals surface area contributed by atoms with E-state index in [4.69, 9.17) is 25.8 Å². The van der Waals surface area contributed by atoms with Crippen LogP contribution >= 0.6 is 11.6 Å². The zero-order valence-electron chi connectivity index (χ0n) is 23.6. The number of carbonyl (C=O) groups is 3. The highest BCUT2D eigenvalue weighted by molar-refractivity contribution is 6.31. The minimum Gasteiger partial charge on any atom is -0.491 e. The second-order valence-corrected chi connectivity index (χ2v) is 10.7. The molecule has 2 atom stereocenters. The van der Waals surface area contributed by atoms with Gasteiger partial charge in [0, 0.05) is 29.8 Å². The highest BCUT2D eigenvalue weighted by Gasteiger charge is 2.42. The molecule has 0 bridgehead atoms. The molecule has 0 spiro atoms. The molecule has 0 radical (unpaired) electrons. The topological polar surface area (TPSA) is 132 Å². The fourth-order valence-electron chi connectivity index (χ4n) is 4.96. The monoisotopic (exact) mass is 611 g/mol. The number of fused-ring (bicyclic) bond motifs is 1. The summed E-state index contributed by atoms with van der Waals surface area (Å²) in [5.41, 5.74) is 1.49. The predicted molar refractivity (Wildman–Crippen MR) is 158 cm³/mol. The van der Waals surface area contributed by atoms with Crippen molar-refractivity contribution in [2.75, 3.05) is 38.0 Å². The van der Waals surface area contributed by atoms with Crippen molar-refractivity contribution in [2.24, 2.45) is 5.92 Å². The van der Waals surface area contributed by atoms with Crippen LogP contribution in [0.2, 0.25) is 5.02 Å². The number of nitrogens with one attached hydrogen (secondary N) is 2. The zero-order valence-corrected chi connectivity index (χ0v) is 24.4. The Hall–Kier alpha value is -4.29. The maximum absolute atomic E-state index is 13.7. The average Bonchev–Trinajstić information content (AvgIpc) is 3.74. The third-order valence-corrected chi connectivity index (χ3v) is 7.68. The Morgan fingerprint density at radius 3 is 2.42 bits per heavy atom. The van der Waals surface area contributed by atoms with Crippen molar-refractivity contribution in [3.8, 4) is 5.75 Å². The second kappa shape index (κ2) is 13.3. The number of methoxy groups -OCH3 is 2. The molecule has 0 unspecified atom stereocenters. The van der Waals surface area contributed by atoms with Crippen LogP contribution in [-0.4, -0.2) is 72.2 Å². The molecular weight excluding hydrogens is 581 g/mol. The van der Waals surface area contributed by atoms with E-state index < -0.39 is 35.7 Å². The molecule has 2 aliphatic rings. The first kappa shape index (κ1) is 30.2. The van der Waals surface area contributed by atoms with Crippen molar-refractivity contribution < 1.29 is 33.0 Å². The number of carbonyl (C=O) groups excluding carboxylic acids is 3. The standard InChI is InChI=1S/C30H31ClFN5O6/c1-41-29(39)24-9-10-25(30(40)42-2)37(24)11-3-4-27(38)36-23-13-19-22(14-26(23)43-15-17-5-6-17)33-16-34-28(19)35-18-7-8-21(32)20(31)12-18/h3-4,7-8,12-14,16-17,24-25H,5-6,9-11,15H2,1-2H3,(H,36,38)(H,33,34,35)/t24-,25-/m1/s1. The van der Waals surface area contributed by atoms with Crippen LogP contribution in [0.25, 0.3) is 10.9 Å². The molecule has 13 heteroatoms. The fraction of sp³-hybridized carbons (Fsp3) is 0.367. The van der Waals surface area contributed by atoms with E-state index in [1.807, 2.05) is 0 Å². The maximum Gasteiger partial charge on any atom is 0.323 e. The van der Waals surface area contributed by atoms with Gasteiger partial charge < -0.3 is 24.8 Å². The van der Waals surface area contributed by atoms with Crippen molar-refractivity contribution >= 4 is 57.5 Å². The fourth-order valence-corrected chi connectivity index (χ4v) is 5.14. The van der Waals surface area contributed by atoms with Gasteiger partial charge in [-0.05, 0) is 55.9 Å². The van der Waals surface area contributed by atoms with Gasteiger partial charge in [0.05, 0.1) is 37.1 Å². The van der Waals surface area contributed by atoms with Gasteiger partial charge in [0.15, 0.2) is 0 Å². The predicted octanol–water partition coefficient (Wildman–Crippen LogP) is 4.63. The van der Waals surface area contributed by atoms with Crippen LogP contribution < -0.4 is 15.4 Å². The van der Waals surface area contributed by atoms with Crippen LogP contribution in [0.4, 0.5) is 21.6 Å². The zero-order chi connectivity index (χ0) is 30.5. The van der Waals surface area contributed by atoms with Gasteiger partial charge in [0.1, 0.15) is 35.8 Å². The number of rotatable bonds is 11. The summed E-state index contributed by atoms with van der Waals surface area (Å²) in [5, 5.41) is 6.53. The Bertz CT molecular complexity index is 1540. The summed E-state index contributed by atoms with van der Waals surface area (Å²) in [5.74, 6) is -0.552. The van der Waals surface area contributed by atoms with Crippen LogP contribution in [0.3, 0.4) is 0 Å². The Kier molecular flexibility index (Phi) is 9.37. The molecule has 3 aromatic rings. The third kappa shape index (κ3) is 7.20. The highest BCUT2D eigenvalue weighted by atomic mass is 35.5. The Morgan fingerprint density at radius 1 is 1.05 bits per heavy atom. The number of nitrogens with zero attached hydrogens (tertiary/aromatic N) is 3. The van der Waals surface area contributed by atoms with Crippen LogP contribution in [-0.2, 0) is 23.9 Å². The SMILES string of the molecule is COC(=O)[C@H]1CC[C@H](C(=O)OC)N1CC=CC(=O)Nc1cc2c(Nc3ccc(F)c(Cl)c3)ncnc2cc1OCC1CC1. The second-order valence-electron chi connectivity index (χ2n) is 10.3. The van der Waals surface area contributed by atoms with E-state index >= 15 is 0 Å². The van der Waals surface area contributed by atoms with Crippen LogP contribution in [0.1, 0.15) is 25.7 Å². The minimum atomic E-state index is -0.619. The molecule has 1 saturated heterocycles. The van der Waals surface area contributed by atoms with Crippen LogP contribution in [0.15, 0.2) is 48.8 Å². The van der Waals surface area contributed by atoms with E-state index in [0.29, 0.717) is 59.2 Å². The summed E-state index contributed by atoms with van der Waals surface area (Å²) in [6, 6.07) is 6.43. The van der Waals surface area contributed by atoms with E-state index in [-0.39, 0.29) is 11.6 Å². The summed E-state index contributed by atoms with van der Waals surface area (Å²) in [6.07, 6.45) is 7.35. The molecule has 1 aliphatic carbocycles. The lowest BCUT2D eigenvalue weighted by molar-refractivity contribution is -0.150. The number of ether oxygens (including phenoxy) is 3. The molecule has 226 valence electrons. The molecule has 1 aromatic heterocycles. The molecule has 2 aromatic carbocycles. The summed E-state index contributed by atoms with van der Waals surface area (Å²) in [7, 11) is 2.59. The molecular formula is C30H31ClFN5O6. The van der Waals surface area contributed by atoms with Crippen molar-refractivity contribution in [3.05, 3.63) is 59.7 Å². The molecule has 1 amide bonds. The van der Waals surface area contributed by atoms with E-state index in [2.05, 4.69) is 20.6 Å². The quantitative estimate of drug-likeness (QED) is 0.234. The molecule has 1 aliphatic heterocycles. The lowest BCUT2D eigenvalue weighted by Crippen LogP contribution is -2.45. The Morgan fingerprint density at radius 2 is 1.77 bits per heavy atom. The first-order valence-electron chi connectivity index (χ1n) is 13.8. The maximum atomic E-state index is 13.7. The Balaban J connectivity index is 1.37. The molecule has 2 heterocycles. The summed E-state index contributed by atoms with van der Waals surface area (Å²) < 4.78 is 29.5. The lowest BCUT2D eigenvalue weighted by Gasteiger charge is -2.25. The van der Waals surface area contributed by atoms with E-state index in [9.17, 15) is 18.8 Å². The van der Waals surface area contributed by atoms with Gasteiger partial charge in [-0.2, -0.15) is 0 Å². The number of anilines is 3. The Labute approximate surface area is 252 Å². The van der Waals surface area contributed by atoms with Crippen LogP contribution in [0.5, 0.6) is 5.75 Å². The van der Waals surface area contributed by atoms with Gasteiger partial charge in [-0.1, -0.05) is 17.7 Å². The largest absolute Gasteiger partial charge is 0.491 e. The normalized spacial score (nSPS) is 18.5. The average molecular weight is 612 g/mol. The van der Waals surface area contributed by atoms with Gasteiger partial charge in [-0.25, -0.2) is 14.4 Å². The van der Waals surface area contributed by atoms with E-state index in [1.54, 1.807) is 23.1 Å². The molecule has 5 rings (SSSR count). The first-order valence-corrected chi connectivity index (χ1v) is 14.2. The van der Waals surface area contributed by atoms with Crippen molar-refractivity contribution in [2.45, 2.75) is 37.8 Å². The number of halogens is 2. The molecule has 1 saturated carbocycles.